The lowest BCUT2D eigenvalue weighted by molar-refractivity contribution is 0.0468. The first-order valence-electron chi connectivity index (χ1n) is 9.03. The molecule has 4 heteroatoms. The Morgan fingerprint density at radius 1 is 1.00 bits per heavy atom. The molecule has 0 saturated heterocycles. The Balaban J connectivity index is 2.52. The monoisotopic (exact) mass is 370 g/mol. The van der Waals surface area contributed by atoms with Crippen molar-refractivity contribution < 1.29 is 14.6 Å². The highest BCUT2D eigenvalue weighted by molar-refractivity contribution is 6.99. The van der Waals surface area contributed by atoms with E-state index in [1.165, 1.54) is 10.4 Å². The fourth-order valence-electron chi connectivity index (χ4n) is 3.45. The Labute approximate surface area is 158 Å². The molecule has 0 unspecified atom stereocenters. The average molecular weight is 371 g/mol. The van der Waals surface area contributed by atoms with Gasteiger partial charge in [0.15, 0.2) is 0 Å². The van der Waals surface area contributed by atoms with Gasteiger partial charge in [0.05, 0.1) is 19.3 Å². The summed E-state index contributed by atoms with van der Waals surface area (Å²) in [7, 11) is -2.66. The van der Waals surface area contributed by atoms with Gasteiger partial charge in [-0.15, -0.1) is 6.58 Å². The SMILES string of the molecule is C=C[C@H](CO)[C@H](O)CO[Si](c1ccccc1)(c1ccccc1)C(C)(C)C. The van der Waals surface area contributed by atoms with Crippen molar-refractivity contribution in [3.63, 3.8) is 0 Å². The molecule has 0 aliphatic carbocycles. The molecule has 3 nitrogen and oxygen atoms in total. The predicted molar refractivity (Wildman–Crippen MR) is 110 cm³/mol. The van der Waals surface area contributed by atoms with Crippen molar-refractivity contribution in [2.45, 2.75) is 31.9 Å². The molecular formula is C22H30O3Si. The topological polar surface area (TPSA) is 49.7 Å². The molecule has 0 fully saturated rings. The summed E-state index contributed by atoms with van der Waals surface area (Å²) >= 11 is 0. The Kier molecular flexibility index (Phi) is 6.95. The van der Waals surface area contributed by atoms with Gasteiger partial charge in [-0.05, 0) is 15.4 Å². The summed E-state index contributed by atoms with van der Waals surface area (Å²) in [5.74, 6) is -0.395. The zero-order valence-electron chi connectivity index (χ0n) is 15.9. The molecule has 2 rings (SSSR count). The Bertz CT molecular complexity index is 640. The van der Waals surface area contributed by atoms with Crippen LogP contribution in [-0.2, 0) is 4.43 Å². The van der Waals surface area contributed by atoms with Crippen LogP contribution < -0.4 is 10.4 Å². The van der Waals surface area contributed by atoms with E-state index >= 15 is 0 Å². The molecule has 0 spiro atoms. The van der Waals surface area contributed by atoms with Gasteiger partial charge in [-0.3, -0.25) is 0 Å². The third-order valence-corrected chi connectivity index (χ3v) is 9.90. The summed E-state index contributed by atoms with van der Waals surface area (Å²) in [6.07, 6.45) is 0.790. The molecule has 0 bridgehead atoms. The van der Waals surface area contributed by atoms with Gasteiger partial charge in [-0.2, -0.15) is 0 Å². The average Bonchev–Trinajstić information content (AvgIpc) is 2.64. The first kappa shape index (κ1) is 20.6. The number of aliphatic hydroxyl groups excluding tert-OH is 2. The van der Waals surface area contributed by atoms with Gasteiger partial charge >= 0.3 is 0 Å². The molecule has 2 N–H and O–H groups in total. The molecule has 2 atom stereocenters. The maximum Gasteiger partial charge on any atom is 0.261 e. The van der Waals surface area contributed by atoms with Crippen LogP contribution in [-0.4, -0.2) is 37.8 Å². The summed E-state index contributed by atoms with van der Waals surface area (Å²) < 4.78 is 6.64. The highest BCUT2D eigenvalue weighted by Crippen LogP contribution is 2.36. The maximum absolute atomic E-state index is 10.5. The van der Waals surface area contributed by atoms with Crippen LogP contribution >= 0.6 is 0 Å². The van der Waals surface area contributed by atoms with Crippen LogP contribution in [0.1, 0.15) is 20.8 Å². The van der Waals surface area contributed by atoms with Crippen LogP contribution in [0.15, 0.2) is 73.3 Å². The van der Waals surface area contributed by atoms with Crippen LogP contribution in [0.3, 0.4) is 0 Å². The number of hydrogen-bond donors (Lipinski definition) is 2. The summed E-state index contributed by atoms with van der Waals surface area (Å²) in [6, 6.07) is 20.6. The molecule has 0 radical (unpaired) electrons. The number of rotatable bonds is 8. The van der Waals surface area contributed by atoms with Gasteiger partial charge < -0.3 is 14.6 Å². The molecule has 2 aromatic rings. The van der Waals surface area contributed by atoms with Crippen LogP contribution in [0.4, 0.5) is 0 Å². The van der Waals surface area contributed by atoms with E-state index in [-0.39, 0.29) is 18.3 Å². The van der Waals surface area contributed by atoms with Crippen molar-refractivity contribution in [2.75, 3.05) is 13.2 Å². The van der Waals surface area contributed by atoms with E-state index in [2.05, 4.69) is 51.6 Å². The lowest BCUT2D eigenvalue weighted by atomic mass is 10.1. The highest BCUT2D eigenvalue weighted by atomic mass is 28.4. The highest BCUT2D eigenvalue weighted by Gasteiger charge is 2.50. The minimum Gasteiger partial charge on any atom is -0.405 e. The summed E-state index contributed by atoms with van der Waals surface area (Å²) in [6.45, 7) is 10.3. The van der Waals surface area contributed by atoms with E-state index in [4.69, 9.17) is 4.43 Å². The zero-order valence-corrected chi connectivity index (χ0v) is 16.9. The number of benzene rings is 2. The Morgan fingerprint density at radius 2 is 1.46 bits per heavy atom. The minimum absolute atomic E-state index is 0.141. The van der Waals surface area contributed by atoms with Gasteiger partial charge in [-0.1, -0.05) is 87.5 Å². The Morgan fingerprint density at radius 3 is 1.81 bits per heavy atom. The zero-order chi connectivity index (χ0) is 19.2. The minimum atomic E-state index is -2.66. The molecule has 2 aromatic carbocycles. The van der Waals surface area contributed by atoms with E-state index in [9.17, 15) is 10.2 Å². The van der Waals surface area contributed by atoms with Crippen LogP contribution in [0, 0.1) is 5.92 Å². The first-order valence-corrected chi connectivity index (χ1v) is 10.9. The molecule has 0 aliphatic rings. The van der Waals surface area contributed by atoms with Crippen molar-refractivity contribution in [3.8, 4) is 0 Å². The smallest absolute Gasteiger partial charge is 0.261 e. The van der Waals surface area contributed by atoms with Gasteiger partial charge in [0, 0.05) is 5.92 Å². The van der Waals surface area contributed by atoms with Crippen LogP contribution in [0.2, 0.25) is 5.04 Å². The van der Waals surface area contributed by atoms with Gasteiger partial charge in [0.1, 0.15) is 0 Å². The lowest BCUT2D eigenvalue weighted by Crippen LogP contribution is -2.67. The van der Waals surface area contributed by atoms with E-state index in [1.807, 2.05) is 36.4 Å². The molecule has 0 saturated carbocycles. The molecular weight excluding hydrogens is 340 g/mol. The van der Waals surface area contributed by atoms with Gasteiger partial charge in [0.25, 0.3) is 8.32 Å². The van der Waals surface area contributed by atoms with E-state index < -0.39 is 20.3 Å². The first-order chi connectivity index (χ1) is 12.4. The quantitative estimate of drug-likeness (QED) is 0.555. The molecule has 0 aliphatic heterocycles. The fraction of sp³-hybridized carbons (Fsp3) is 0.364. The second-order valence-corrected chi connectivity index (χ2v) is 11.9. The largest absolute Gasteiger partial charge is 0.405 e. The lowest BCUT2D eigenvalue weighted by Gasteiger charge is -2.43. The summed E-state index contributed by atoms with van der Waals surface area (Å²) in [4.78, 5) is 0. The summed E-state index contributed by atoms with van der Waals surface area (Å²) in [5.41, 5.74) is 0. The van der Waals surface area contributed by atoms with Crippen molar-refractivity contribution in [1.82, 2.24) is 0 Å². The van der Waals surface area contributed by atoms with E-state index in [0.29, 0.717) is 0 Å². The molecule has 26 heavy (non-hydrogen) atoms. The fourth-order valence-corrected chi connectivity index (χ4v) is 8.03. The normalized spacial score (nSPS) is 14.7. The predicted octanol–water partition coefficient (Wildman–Crippen LogP) is 2.72. The Hall–Kier alpha value is -1.72. The van der Waals surface area contributed by atoms with Gasteiger partial charge in [0.2, 0.25) is 0 Å². The van der Waals surface area contributed by atoms with Crippen molar-refractivity contribution >= 4 is 18.7 Å². The molecule has 0 amide bonds. The van der Waals surface area contributed by atoms with Crippen molar-refractivity contribution in [2.24, 2.45) is 5.92 Å². The molecule has 0 aromatic heterocycles. The van der Waals surface area contributed by atoms with Crippen LogP contribution in [0.25, 0.3) is 0 Å². The second kappa shape index (κ2) is 8.78. The van der Waals surface area contributed by atoms with Gasteiger partial charge in [-0.25, -0.2) is 0 Å². The molecule has 0 heterocycles. The van der Waals surface area contributed by atoms with E-state index in [1.54, 1.807) is 6.08 Å². The second-order valence-electron chi connectivity index (χ2n) is 7.62. The standard InChI is InChI=1S/C22H30O3Si/c1-5-18(16-23)21(24)17-25-26(22(2,3)4,19-12-8-6-9-13-19)20-14-10-7-11-15-20/h5-15,18,21,23-24H,1,16-17H2,2-4H3/t18-,21-/m1/s1. The number of hydrogen-bond acceptors (Lipinski definition) is 3. The maximum atomic E-state index is 10.5. The number of aliphatic hydroxyl groups is 2. The third-order valence-electron chi connectivity index (χ3n) is 4.90. The third kappa shape index (κ3) is 4.15. The van der Waals surface area contributed by atoms with Crippen LogP contribution in [0.5, 0.6) is 0 Å². The van der Waals surface area contributed by atoms with E-state index in [0.717, 1.165) is 0 Å². The van der Waals surface area contributed by atoms with Crippen molar-refractivity contribution in [1.29, 1.82) is 0 Å². The van der Waals surface area contributed by atoms with Crippen molar-refractivity contribution in [3.05, 3.63) is 73.3 Å². The summed E-state index contributed by atoms with van der Waals surface area (Å²) in [5, 5.41) is 22.1. The molecule has 140 valence electrons.